The van der Waals surface area contributed by atoms with Crippen molar-refractivity contribution in [2.75, 3.05) is 24.2 Å². The van der Waals surface area contributed by atoms with E-state index < -0.39 is 11.5 Å². The first-order chi connectivity index (χ1) is 8.91. The minimum Gasteiger partial charge on any atom is -0.398 e. The Labute approximate surface area is 113 Å². The summed E-state index contributed by atoms with van der Waals surface area (Å²) in [5, 5.41) is 10.4. The third-order valence-electron chi connectivity index (χ3n) is 3.81. The smallest absolute Gasteiger partial charge is 0.250 e. The zero-order chi connectivity index (χ0) is 14.0. The summed E-state index contributed by atoms with van der Waals surface area (Å²) >= 11 is 0. The molecule has 104 valence electrons. The minimum absolute atomic E-state index is 0.322. The van der Waals surface area contributed by atoms with Gasteiger partial charge in [0.25, 0.3) is 5.91 Å². The molecule has 0 aliphatic heterocycles. The highest BCUT2D eigenvalue weighted by molar-refractivity contribution is 5.99. The van der Waals surface area contributed by atoms with Crippen molar-refractivity contribution >= 4 is 17.3 Å². The van der Waals surface area contributed by atoms with Crippen LogP contribution in [0.3, 0.4) is 0 Å². The molecule has 5 nitrogen and oxygen atoms in total. The van der Waals surface area contributed by atoms with E-state index in [4.69, 9.17) is 11.5 Å². The van der Waals surface area contributed by atoms with Crippen LogP contribution in [0.5, 0.6) is 0 Å². The van der Waals surface area contributed by atoms with E-state index in [9.17, 15) is 9.90 Å². The quantitative estimate of drug-likeness (QED) is 0.709. The number of amides is 1. The maximum absolute atomic E-state index is 11.3. The molecular formula is C14H21N3O2. The number of carbonyl (C=O) groups excluding carboxylic acids is 1. The van der Waals surface area contributed by atoms with Crippen molar-refractivity contribution in [3.63, 3.8) is 0 Å². The molecule has 1 fully saturated rings. The molecule has 5 heteroatoms. The zero-order valence-electron chi connectivity index (χ0n) is 11.2. The molecular weight excluding hydrogens is 242 g/mol. The standard InChI is InChI=1S/C14H21N3O2/c1-17(9-14(19)6-2-3-7-14)10-4-5-12(15)11(8-10)13(16)18/h4-5,8,19H,2-3,6-7,9,15H2,1H3,(H2,16,18). The lowest BCUT2D eigenvalue weighted by Crippen LogP contribution is -2.39. The third-order valence-corrected chi connectivity index (χ3v) is 3.81. The second-order valence-corrected chi connectivity index (χ2v) is 5.42. The van der Waals surface area contributed by atoms with Crippen LogP contribution in [0.2, 0.25) is 0 Å². The zero-order valence-corrected chi connectivity index (χ0v) is 11.2. The fourth-order valence-corrected chi connectivity index (χ4v) is 2.72. The Balaban J connectivity index is 2.17. The molecule has 0 heterocycles. The monoisotopic (exact) mass is 263 g/mol. The molecule has 1 aromatic carbocycles. The fraction of sp³-hybridized carbons (Fsp3) is 0.500. The fourth-order valence-electron chi connectivity index (χ4n) is 2.72. The molecule has 1 amide bonds. The van der Waals surface area contributed by atoms with E-state index in [1.54, 1.807) is 12.1 Å². The van der Waals surface area contributed by atoms with E-state index >= 15 is 0 Å². The molecule has 2 rings (SSSR count). The number of primary amides is 1. The number of nitrogens with zero attached hydrogens (tertiary/aromatic N) is 1. The predicted molar refractivity (Wildman–Crippen MR) is 76.1 cm³/mol. The highest BCUT2D eigenvalue weighted by atomic mass is 16.3. The number of carbonyl (C=O) groups is 1. The summed E-state index contributed by atoms with van der Waals surface area (Å²) in [5.74, 6) is -0.535. The average molecular weight is 263 g/mol. The topological polar surface area (TPSA) is 92.6 Å². The SMILES string of the molecule is CN(CC1(O)CCCC1)c1ccc(N)c(C(N)=O)c1. The van der Waals surface area contributed by atoms with Crippen LogP contribution in [0, 0.1) is 0 Å². The van der Waals surface area contributed by atoms with Crippen LogP contribution in [0.4, 0.5) is 11.4 Å². The van der Waals surface area contributed by atoms with Gasteiger partial charge in [0.1, 0.15) is 0 Å². The van der Waals surface area contributed by atoms with Crippen molar-refractivity contribution < 1.29 is 9.90 Å². The third kappa shape index (κ3) is 2.98. The lowest BCUT2D eigenvalue weighted by atomic mass is 10.0. The first kappa shape index (κ1) is 13.7. The highest BCUT2D eigenvalue weighted by Crippen LogP contribution is 2.31. The van der Waals surface area contributed by atoms with Gasteiger partial charge in [-0.2, -0.15) is 0 Å². The molecule has 0 atom stereocenters. The van der Waals surface area contributed by atoms with Crippen molar-refractivity contribution in [3.8, 4) is 0 Å². The molecule has 1 aromatic rings. The largest absolute Gasteiger partial charge is 0.398 e. The summed E-state index contributed by atoms with van der Waals surface area (Å²) in [6.45, 7) is 0.551. The van der Waals surface area contributed by atoms with Crippen LogP contribution in [-0.4, -0.2) is 30.2 Å². The molecule has 0 radical (unpaired) electrons. The van der Waals surface area contributed by atoms with Gasteiger partial charge in [-0.15, -0.1) is 0 Å². The molecule has 0 unspecified atom stereocenters. The van der Waals surface area contributed by atoms with Crippen molar-refractivity contribution in [1.29, 1.82) is 0 Å². The van der Waals surface area contributed by atoms with Crippen molar-refractivity contribution in [2.45, 2.75) is 31.3 Å². The Morgan fingerprint density at radius 2 is 2.05 bits per heavy atom. The highest BCUT2D eigenvalue weighted by Gasteiger charge is 2.32. The molecule has 5 N–H and O–H groups in total. The molecule has 0 bridgehead atoms. The molecule has 19 heavy (non-hydrogen) atoms. The first-order valence-electron chi connectivity index (χ1n) is 6.54. The van der Waals surface area contributed by atoms with Gasteiger partial charge in [-0.1, -0.05) is 12.8 Å². The van der Waals surface area contributed by atoms with E-state index in [-0.39, 0.29) is 0 Å². The maximum atomic E-state index is 11.3. The van der Waals surface area contributed by atoms with Gasteiger partial charge >= 0.3 is 0 Å². The van der Waals surface area contributed by atoms with E-state index in [0.29, 0.717) is 17.8 Å². The van der Waals surface area contributed by atoms with Gasteiger partial charge in [0.2, 0.25) is 0 Å². The number of aliphatic hydroxyl groups is 1. The van der Waals surface area contributed by atoms with Crippen LogP contribution in [-0.2, 0) is 0 Å². The van der Waals surface area contributed by atoms with Crippen molar-refractivity contribution in [1.82, 2.24) is 0 Å². The Morgan fingerprint density at radius 1 is 1.42 bits per heavy atom. The summed E-state index contributed by atoms with van der Waals surface area (Å²) in [7, 11) is 1.90. The number of nitrogen functional groups attached to an aromatic ring is 1. The second-order valence-electron chi connectivity index (χ2n) is 5.42. The summed E-state index contributed by atoms with van der Waals surface area (Å²) < 4.78 is 0. The summed E-state index contributed by atoms with van der Waals surface area (Å²) in [6, 6.07) is 5.18. The normalized spacial score (nSPS) is 17.4. The summed E-state index contributed by atoms with van der Waals surface area (Å²) in [5.41, 5.74) is 11.9. The number of hydrogen-bond donors (Lipinski definition) is 3. The molecule has 1 aliphatic rings. The van der Waals surface area contributed by atoms with Gasteiger partial charge in [-0.05, 0) is 31.0 Å². The Bertz CT molecular complexity index is 482. The average Bonchev–Trinajstić information content (AvgIpc) is 2.75. The van der Waals surface area contributed by atoms with Crippen LogP contribution in [0.15, 0.2) is 18.2 Å². The summed E-state index contributed by atoms with van der Waals surface area (Å²) in [4.78, 5) is 13.2. The van der Waals surface area contributed by atoms with Crippen molar-refractivity contribution in [3.05, 3.63) is 23.8 Å². The number of hydrogen-bond acceptors (Lipinski definition) is 4. The lowest BCUT2D eigenvalue weighted by Gasteiger charge is -2.30. The van der Waals surface area contributed by atoms with Crippen LogP contribution in [0.1, 0.15) is 36.0 Å². The number of benzene rings is 1. The number of nitrogens with two attached hydrogens (primary N) is 2. The van der Waals surface area contributed by atoms with Gasteiger partial charge in [0.15, 0.2) is 0 Å². The minimum atomic E-state index is -0.622. The van der Waals surface area contributed by atoms with Gasteiger partial charge < -0.3 is 21.5 Å². The maximum Gasteiger partial charge on any atom is 0.250 e. The van der Waals surface area contributed by atoms with Gasteiger partial charge in [0.05, 0.1) is 11.2 Å². The van der Waals surface area contributed by atoms with Gasteiger partial charge in [0, 0.05) is 25.0 Å². The number of rotatable bonds is 4. The van der Waals surface area contributed by atoms with E-state index in [2.05, 4.69) is 0 Å². The van der Waals surface area contributed by atoms with Crippen LogP contribution in [0.25, 0.3) is 0 Å². The molecule has 1 aliphatic carbocycles. The summed E-state index contributed by atoms with van der Waals surface area (Å²) in [6.07, 6.45) is 3.79. The van der Waals surface area contributed by atoms with Crippen molar-refractivity contribution in [2.24, 2.45) is 5.73 Å². The van der Waals surface area contributed by atoms with E-state index in [1.165, 1.54) is 0 Å². The van der Waals surface area contributed by atoms with Gasteiger partial charge in [-0.25, -0.2) is 0 Å². The molecule has 0 spiro atoms. The predicted octanol–water partition coefficient (Wildman–Crippen LogP) is 1.11. The van der Waals surface area contributed by atoms with Crippen LogP contribution >= 0.6 is 0 Å². The number of anilines is 2. The number of likely N-dealkylation sites (N-methyl/N-ethyl adjacent to an activating group) is 1. The first-order valence-corrected chi connectivity index (χ1v) is 6.54. The molecule has 1 saturated carbocycles. The van der Waals surface area contributed by atoms with Crippen LogP contribution < -0.4 is 16.4 Å². The Hall–Kier alpha value is -1.75. The second kappa shape index (κ2) is 5.09. The Kier molecular flexibility index (Phi) is 3.66. The van der Waals surface area contributed by atoms with E-state index in [0.717, 1.165) is 31.4 Å². The van der Waals surface area contributed by atoms with Gasteiger partial charge in [-0.3, -0.25) is 4.79 Å². The molecule has 0 saturated heterocycles. The Morgan fingerprint density at radius 3 is 2.63 bits per heavy atom. The lowest BCUT2D eigenvalue weighted by molar-refractivity contribution is 0.0559. The van der Waals surface area contributed by atoms with E-state index in [1.807, 2.05) is 18.0 Å². The molecule has 0 aromatic heterocycles.